The molecule has 0 aromatic carbocycles. The van der Waals surface area contributed by atoms with Crippen LogP contribution in [0.3, 0.4) is 0 Å². The van der Waals surface area contributed by atoms with Gasteiger partial charge in [0.05, 0.1) is 5.56 Å². The molecule has 0 atom stereocenters. The summed E-state index contributed by atoms with van der Waals surface area (Å²) in [7, 11) is 0.803. The van der Waals surface area contributed by atoms with Gasteiger partial charge in [-0.2, -0.15) is 26.3 Å². The van der Waals surface area contributed by atoms with Gasteiger partial charge < -0.3 is 4.57 Å². The highest BCUT2D eigenvalue weighted by molar-refractivity contribution is 5.33. The van der Waals surface area contributed by atoms with Crippen molar-refractivity contribution in [3.8, 4) is 0 Å². The van der Waals surface area contributed by atoms with Gasteiger partial charge in [0.1, 0.15) is 5.69 Å². The van der Waals surface area contributed by atoms with Crippen LogP contribution in [-0.2, 0) is 19.4 Å². The number of nitrogens with zero attached hydrogens (tertiary/aromatic N) is 1. The van der Waals surface area contributed by atoms with E-state index in [1.54, 1.807) is 0 Å². The van der Waals surface area contributed by atoms with Crippen molar-refractivity contribution in [1.82, 2.24) is 4.57 Å². The predicted octanol–water partition coefficient (Wildman–Crippen LogP) is 3.55. The molecular weight excluding hydrogens is 276 g/mol. The fourth-order valence-corrected chi connectivity index (χ4v) is 1.78. The largest absolute Gasteiger partial charge is 0.431 e. The van der Waals surface area contributed by atoms with E-state index in [1.807, 2.05) is 0 Å². The van der Waals surface area contributed by atoms with Crippen molar-refractivity contribution in [2.24, 2.45) is 7.05 Å². The molecular formula is C11H11F6NO. The number of pyridine rings is 1. The lowest BCUT2D eigenvalue weighted by Crippen LogP contribution is -2.32. The Bertz CT molecular complexity index is 538. The first-order chi connectivity index (χ1) is 8.37. The van der Waals surface area contributed by atoms with E-state index in [4.69, 9.17) is 0 Å². The first-order valence-corrected chi connectivity index (χ1v) is 5.25. The van der Waals surface area contributed by atoms with E-state index in [0.29, 0.717) is 0 Å². The van der Waals surface area contributed by atoms with Gasteiger partial charge >= 0.3 is 12.4 Å². The molecule has 0 amide bonds. The SMILES string of the molecule is CC(C)c1c(C(F)(F)F)cc(C(F)(F)F)n(C)c1=O. The second-order valence-corrected chi connectivity index (χ2v) is 4.37. The summed E-state index contributed by atoms with van der Waals surface area (Å²) in [4.78, 5) is 11.7. The Balaban J connectivity index is 3.81. The summed E-state index contributed by atoms with van der Waals surface area (Å²) >= 11 is 0. The van der Waals surface area contributed by atoms with E-state index in [0.717, 1.165) is 7.05 Å². The molecule has 0 unspecified atom stereocenters. The number of hydrogen-bond donors (Lipinski definition) is 0. The third-order valence-corrected chi connectivity index (χ3v) is 2.64. The lowest BCUT2D eigenvalue weighted by atomic mass is 9.97. The third kappa shape index (κ3) is 2.93. The summed E-state index contributed by atoms with van der Waals surface area (Å²) in [6, 6.07) is -0.0171. The van der Waals surface area contributed by atoms with Gasteiger partial charge in [-0.15, -0.1) is 0 Å². The summed E-state index contributed by atoms with van der Waals surface area (Å²) in [6.07, 6.45) is -10.0. The minimum Gasteiger partial charge on any atom is -0.307 e. The zero-order valence-corrected chi connectivity index (χ0v) is 10.3. The number of alkyl halides is 6. The van der Waals surface area contributed by atoms with Crippen LogP contribution in [0.1, 0.15) is 36.6 Å². The molecule has 0 aliphatic carbocycles. The van der Waals surface area contributed by atoms with Gasteiger partial charge in [0.25, 0.3) is 5.56 Å². The number of aromatic nitrogens is 1. The molecule has 0 aliphatic heterocycles. The van der Waals surface area contributed by atoms with Gasteiger partial charge in [0.2, 0.25) is 0 Å². The average Bonchev–Trinajstić information content (AvgIpc) is 2.17. The van der Waals surface area contributed by atoms with Crippen LogP contribution in [0, 0.1) is 0 Å². The Morgan fingerprint density at radius 3 is 1.84 bits per heavy atom. The molecule has 0 fully saturated rings. The first-order valence-electron chi connectivity index (χ1n) is 5.25. The summed E-state index contributed by atoms with van der Waals surface area (Å²) in [5.41, 5.74) is -5.09. The minimum atomic E-state index is -5.02. The normalized spacial score (nSPS) is 13.2. The van der Waals surface area contributed by atoms with Crippen molar-refractivity contribution in [3.05, 3.63) is 33.2 Å². The highest BCUT2D eigenvalue weighted by atomic mass is 19.4. The van der Waals surface area contributed by atoms with E-state index in [2.05, 4.69) is 0 Å². The molecule has 8 heteroatoms. The molecule has 1 heterocycles. The van der Waals surface area contributed by atoms with Gasteiger partial charge in [-0.3, -0.25) is 4.79 Å². The maximum Gasteiger partial charge on any atom is 0.431 e. The summed E-state index contributed by atoms with van der Waals surface area (Å²) in [5, 5.41) is 0. The lowest BCUT2D eigenvalue weighted by molar-refractivity contribution is -0.148. The summed E-state index contributed by atoms with van der Waals surface area (Å²) < 4.78 is 76.3. The van der Waals surface area contributed by atoms with Crippen molar-refractivity contribution in [1.29, 1.82) is 0 Å². The van der Waals surface area contributed by atoms with Crippen LogP contribution in [0.15, 0.2) is 10.9 Å². The van der Waals surface area contributed by atoms with E-state index >= 15 is 0 Å². The maximum absolute atomic E-state index is 12.8. The number of hydrogen-bond acceptors (Lipinski definition) is 1. The first kappa shape index (κ1) is 15.6. The van der Waals surface area contributed by atoms with Crippen molar-refractivity contribution in [2.45, 2.75) is 32.1 Å². The lowest BCUT2D eigenvalue weighted by Gasteiger charge is -2.20. The van der Waals surface area contributed by atoms with Gasteiger partial charge in [0, 0.05) is 12.6 Å². The minimum absolute atomic E-state index is 0.0171. The van der Waals surface area contributed by atoms with Crippen molar-refractivity contribution >= 4 is 0 Å². The van der Waals surface area contributed by atoms with E-state index < -0.39 is 40.7 Å². The molecule has 1 aromatic heterocycles. The monoisotopic (exact) mass is 287 g/mol. The van der Waals surface area contributed by atoms with Gasteiger partial charge in [-0.05, 0) is 12.0 Å². The van der Waals surface area contributed by atoms with E-state index in [-0.39, 0.29) is 10.6 Å². The molecule has 1 rings (SSSR count). The fraction of sp³-hybridized carbons (Fsp3) is 0.545. The second-order valence-electron chi connectivity index (χ2n) is 4.37. The molecule has 1 aromatic rings. The fourth-order valence-electron chi connectivity index (χ4n) is 1.78. The quantitative estimate of drug-likeness (QED) is 0.724. The van der Waals surface area contributed by atoms with Crippen molar-refractivity contribution in [3.63, 3.8) is 0 Å². The average molecular weight is 287 g/mol. The molecule has 0 spiro atoms. The zero-order valence-electron chi connectivity index (χ0n) is 10.3. The Morgan fingerprint density at radius 2 is 1.53 bits per heavy atom. The van der Waals surface area contributed by atoms with Crippen LogP contribution < -0.4 is 5.56 Å². The van der Waals surface area contributed by atoms with Crippen molar-refractivity contribution < 1.29 is 26.3 Å². The van der Waals surface area contributed by atoms with Crippen LogP contribution >= 0.6 is 0 Å². The maximum atomic E-state index is 12.8. The highest BCUT2D eigenvalue weighted by Crippen LogP contribution is 2.37. The van der Waals surface area contributed by atoms with Crippen LogP contribution in [0.5, 0.6) is 0 Å². The molecule has 0 aliphatic rings. The van der Waals surface area contributed by atoms with Crippen molar-refractivity contribution in [2.75, 3.05) is 0 Å². The Labute approximate surface area is 104 Å². The molecule has 0 saturated carbocycles. The van der Waals surface area contributed by atoms with Crippen LogP contribution in [0.2, 0.25) is 0 Å². The third-order valence-electron chi connectivity index (χ3n) is 2.64. The van der Waals surface area contributed by atoms with E-state index in [1.165, 1.54) is 13.8 Å². The Kier molecular flexibility index (Phi) is 3.75. The van der Waals surface area contributed by atoms with Gasteiger partial charge in [-0.25, -0.2) is 0 Å². The van der Waals surface area contributed by atoms with E-state index in [9.17, 15) is 31.1 Å². The second kappa shape index (κ2) is 4.57. The molecule has 2 nitrogen and oxygen atoms in total. The van der Waals surface area contributed by atoms with Crippen LogP contribution in [-0.4, -0.2) is 4.57 Å². The van der Waals surface area contributed by atoms with Gasteiger partial charge in [0.15, 0.2) is 0 Å². The topological polar surface area (TPSA) is 22.0 Å². The number of rotatable bonds is 1. The predicted molar refractivity (Wildman–Crippen MR) is 55.8 cm³/mol. The zero-order chi connectivity index (χ0) is 15.2. The smallest absolute Gasteiger partial charge is 0.307 e. The van der Waals surface area contributed by atoms with Gasteiger partial charge in [-0.1, -0.05) is 13.8 Å². The molecule has 0 saturated heterocycles. The summed E-state index contributed by atoms with van der Waals surface area (Å²) in [6.45, 7) is 2.64. The Morgan fingerprint density at radius 1 is 1.05 bits per heavy atom. The molecule has 0 N–H and O–H groups in total. The standard InChI is InChI=1S/C11H11F6NO/c1-5(2)8-6(10(12,13)14)4-7(11(15,16)17)18(3)9(8)19/h4-5H,1-3H3. The molecule has 108 valence electrons. The highest BCUT2D eigenvalue weighted by Gasteiger charge is 2.41. The molecule has 19 heavy (non-hydrogen) atoms. The number of halogens is 6. The molecule has 0 bridgehead atoms. The van der Waals surface area contributed by atoms with Crippen LogP contribution in [0.4, 0.5) is 26.3 Å². The molecule has 0 radical (unpaired) electrons. The van der Waals surface area contributed by atoms with Crippen LogP contribution in [0.25, 0.3) is 0 Å². The summed E-state index contributed by atoms with van der Waals surface area (Å²) in [5.74, 6) is -0.836. The Hall–Kier alpha value is -1.47.